The van der Waals surface area contributed by atoms with Gasteiger partial charge in [0.15, 0.2) is 0 Å². The van der Waals surface area contributed by atoms with E-state index < -0.39 is 0 Å². The zero-order valence-corrected chi connectivity index (χ0v) is 10.1. The molecule has 0 aromatic heterocycles. The van der Waals surface area contributed by atoms with Crippen LogP contribution in [0, 0.1) is 6.58 Å². The maximum atomic E-state index is 5.20. The molecule has 0 saturated carbocycles. The van der Waals surface area contributed by atoms with Crippen molar-refractivity contribution in [2.75, 3.05) is 0 Å². The average Bonchev–Trinajstić information content (AvgIpc) is 2.26. The molecule has 0 atom stereocenters. The van der Waals surface area contributed by atoms with Crippen LogP contribution in [0.2, 0.25) is 0 Å². The van der Waals surface area contributed by atoms with Crippen molar-refractivity contribution in [2.45, 2.75) is 58.3 Å². The van der Waals surface area contributed by atoms with Crippen molar-refractivity contribution in [3.63, 3.8) is 0 Å². The molecule has 0 heterocycles. The first-order valence-corrected chi connectivity index (χ1v) is 6.28. The molecule has 0 aromatic carbocycles. The average molecular weight is 205 g/mol. The molecule has 0 unspecified atom stereocenters. The van der Waals surface area contributed by atoms with Crippen molar-refractivity contribution in [3.8, 4) is 0 Å². The van der Waals surface area contributed by atoms with Gasteiger partial charge in [0, 0.05) is 0 Å². The first-order chi connectivity index (χ1) is 7.41. The van der Waals surface area contributed by atoms with Gasteiger partial charge in [-0.1, -0.05) is 82.4 Å². The number of hydrogen-bond acceptors (Lipinski definition) is 0. The van der Waals surface area contributed by atoms with Crippen LogP contribution in [0.3, 0.4) is 0 Å². The molecule has 0 nitrogen and oxygen atoms in total. The summed E-state index contributed by atoms with van der Waals surface area (Å²) in [4.78, 5) is 0. The van der Waals surface area contributed by atoms with Gasteiger partial charge in [-0.3, -0.25) is 0 Å². The van der Waals surface area contributed by atoms with Gasteiger partial charge in [0.2, 0.25) is 0 Å². The van der Waals surface area contributed by atoms with Gasteiger partial charge in [0.25, 0.3) is 0 Å². The lowest BCUT2D eigenvalue weighted by Gasteiger charge is -1.98. The Morgan fingerprint density at radius 1 is 0.800 bits per heavy atom. The van der Waals surface area contributed by atoms with Crippen molar-refractivity contribution in [3.05, 3.63) is 37.0 Å². The summed E-state index contributed by atoms with van der Waals surface area (Å²) >= 11 is 0. The zero-order valence-electron chi connectivity index (χ0n) is 10.1. The third-order valence-electron chi connectivity index (χ3n) is 2.44. The molecule has 0 bridgehead atoms. The quantitative estimate of drug-likeness (QED) is 0.338. The minimum absolute atomic E-state index is 1.20. The summed E-state index contributed by atoms with van der Waals surface area (Å²) < 4.78 is 0. The summed E-state index contributed by atoms with van der Waals surface area (Å²) in [6, 6.07) is 0. The topological polar surface area (TPSA) is 0 Å². The van der Waals surface area contributed by atoms with Gasteiger partial charge in [0.05, 0.1) is 0 Å². The molecule has 0 aromatic rings. The van der Waals surface area contributed by atoms with E-state index in [-0.39, 0.29) is 0 Å². The summed E-state index contributed by atoms with van der Waals surface area (Å²) in [5.74, 6) is 0. The fourth-order valence-corrected chi connectivity index (χ4v) is 1.52. The molecule has 0 fully saturated rings. The molecule has 0 rings (SSSR count). The van der Waals surface area contributed by atoms with Crippen molar-refractivity contribution in [2.24, 2.45) is 0 Å². The normalized spacial score (nSPS) is 11.5. The van der Waals surface area contributed by atoms with E-state index in [0.29, 0.717) is 0 Å². The maximum Gasteiger partial charge on any atom is -0.0348 e. The van der Waals surface area contributed by atoms with Gasteiger partial charge in [-0.25, -0.2) is 0 Å². The predicted octanol–water partition coefficient (Wildman–Crippen LogP) is 5.23. The minimum atomic E-state index is 1.20. The summed E-state index contributed by atoms with van der Waals surface area (Å²) in [6.07, 6.45) is 20.5. The van der Waals surface area contributed by atoms with Gasteiger partial charge >= 0.3 is 0 Å². The van der Waals surface area contributed by atoms with E-state index in [2.05, 4.69) is 19.1 Å². The molecular formula is C15H25. The molecule has 0 N–H and O–H groups in total. The van der Waals surface area contributed by atoms with Gasteiger partial charge in [-0.15, -0.1) is 0 Å². The molecule has 0 amide bonds. The van der Waals surface area contributed by atoms with Crippen molar-refractivity contribution >= 4 is 0 Å². The van der Waals surface area contributed by atoms with Gasteiger partial charge in [0.1, 0.15) is 0 Å². The van der Waals surface area contributed by atoms with Crippen LogP contribution in [0.15, 0.2) is 30.4 Å². The van der Waals surface area contributed by atoms with Crippen molar-refractivity contribution < 1.29 is 0 Å². The lowest BCUT2D eigenvalue weighted by molar-refractivity contribution is 0.592. The summed E-state index contributed by atoms with van der Waals surface area (Å²) in [5.41, 5.74) is 0. The highest BCUT2D eigenvalue weighted by atomic mass is 13.9. The largest absolute Gasteiger partial charge is 0.0845 e. The van der Waals surface area contributed by atoms with Crippen LogP contribution in [0.25, 0.3) is 0 Å². The fraction of sp³-hybridized carbons (Fsp3) is 0.600. The standard InChI is InChI=1S/C15H25/c1-3-5-7-9-11-13-15-14-12-10-8-6-4-2/h1,3,5,7,9,11H,4,6,8,10,12-15H2,2H3. The van der Waals surface area contributed by atoms with Crippen LogP contribution in [0.4, 0.5) is 0 Å². The van der Waals surface area contributed by atoms with E-state index in [0.717, 1.165) is 0 Å². The monoisotopic (exact) mass is 205 g/mol. The molecule has 0 spiro atoms. The van der Waals surface area contributed by atoms with Crippen LogP contribution in [-0.2, 0) is 0 Å². The summed E-state index contributed by atoms with van der Waals surface area (Å²) in [6.45, 7) is 7.46. The molecule has 15 heavy (non-hydrogen) atoms. The Labute approximate surface area is 95.8 Å². The molecule has 0 heteroatoms. The molecule has 0 saturated heterocycles. The van der Waals surface area contributed by atoms with Crippen LogP contribution in [0.1, 0.15) is 58.3 Å². The van der Waals surface area contributed by atoms with E-state index in [1.54, 1.807) is 6.08 Å². The Kier molecular flexibility index (Phi) is 12.5. The van der Waals surface area contributed by atoms with E-state index in [1.165, 1.54) is 51.4 Å². The second-order valence-electron chi connectivity index (χ2n) is 3.92. The van der Waals surface area contributed by atoms with E-state index >= 15 is 0 Å². The third kappa shape index (κ3) is 13.2. The second-order valence-corrected chi connectivity index (χ2v) is 3.92. The Balaban J connectivity index is 3.07. The maximum absolute atomic E-state index is 5.20. The molecule has 0 aliphatic heterocycles. The highest BCUT2D eigenvalue weighted by molar-refractivity contribution is 5.07. The Bertz CT molecular complexity index is 174. The lowest BCUT2D eigenvalue weighted by Crippen LogP contribution is -1.78. The summed E-state index contributed by atoms with van der Waals surface area (Å²) in [5, 5.41) is 0. The van der Waals surface area contributed by atoms with Crippen LogP contribution in [0.5, 0.6) is 0 Å². The van der Waals surface area contributed by atoms with E-state index in [9.17, 15) is 0 Å². The smallest absolute Gasteiger partial charge is 0.0348 e. The third-order valence-corrected chi connectivity index (χ3v) is 2.44. The highest BCUT2D eigenvalue weighted by Gasteiger charge is 1.88. The molecule has 0 aliphatic rings. The second kappa shape index (κ2) is 13.2. The Morgan fingerprint density at radius 3 is 2.13 bits per heavy atom. The van der Waals surface area contributed by atoms with E-state index in [4.69, 9.17) is 6.58 Å². The zero-order chi connectivity index (χ0) is 11.2. The molecule has 1 radical (unpaired) electrons. The van der Waals surface area contributed by atoms with Crippen LogP contribution < -0.4 is 0 Å². The Morgan fingerprint density at radius 2 is 1.47 bits per heavy atom. The van der Waals surface area contributed by atoms with Gasteiger partial charge in [-0.05, 0) is 12.8 Å². The van der Waals surface area contributed by atoms with Crippen molar-refractivity contribution in [1.82, 2.24) is 0 Å². The number of hydrogen-bond donors (Lipinski definition) is 0. The Hall–Kier alpha value is -0.780. The molecule has 85 valence electrons. The number of allylic oxidation sites excluding steroid dienone is 5. The van der Waals surface area contributed by atoms with Crippen LogP contribution >= 0.6 is 0 Å². The summed E-state index contributed by atoms with van der Waals surface area (Å²) in [7, 11) is 0. The SMILES string of the molecule is [CH]=CC=CC=CCCCCCCCCC. The number of rotatable bonds is 10. The minimum Gasteiger partial charge on any atom is -0.0845 e. The molecular weight excluding hydrogens is 180 g/mol. The van der Waals surface area contributed by atoms with Crippen molar-refractivity contribution in [1.29, 1.82) is 0 Å². The lowest BCUT2D eigenvalue weighted by atomic mass is 10.1. The van der Waals surface area contributed by atoms with E-state index in [1.807, 2.05) is 12.2 Å². The predicted molar refractivity (Wildman–Crippen MR) is 69.8 cm³/mol. The highest BCUT2D eigenvalue weighted by Crippen LogP contribution is 2.08. The number of unbranched alkanes of at least 4 members (excludes halogenated alkanes) is 7. The first kappa shape index (κ1) is 14.2. The molecule has 0 aliphatic carbocycles. The first-order valence-electron chi connectivity index (χ1n) is 6.28. The van der Waals surface area contributed by atoms with Crippen LogP contribution in [-0.4, -0.2) is 0 Å². The van der Waals surface area contributed by atoms with Gasteiger partial charge in [-0.2, -0.15) is 0 Å². The fourth-order valence-electron chi connectivity index (χ4n) is 1.52. The van der Waals surface area contributed by atoms with Gasteiger partial charge < -0.3 is 0 Å².